The van der Waals surface area contributed by atoms with E-state index in [-0.39, 0.29) is 23.3 Å². The van der Waals surface area contributed by atoms with Crippen LogP contribution in [-0.4, -0.2) is 49.8 Å². The zero-order valence-corrected chi connectivity index (χ0v) is 17.3. The van der Waals surface area contributed by atoms with E-state index in [2.05, 4.69) is 11.8 Å². The van der Waals surface area contributed by atoms with Crippen LogP contribution in [0.2, 0.25) is 5.02 Å². The number of nitrogens with zero attached hydrogens (tertiary/aromatic N) is 2. The van der Waals surface area contributed by atoms with Gasteiger partial charge in [0, 0.05) is 19.1 Å². The van der Waals surface area contributed by atoms with Gasteiger partial charge in [-0.2, -0.15) is 4.31 Å². The summed E-state index contributed by atoms with van der Waals surface area (Å²) in [7, 11) is -1.83. The summed E-state index contributed by atoms with van der Waals surface area (Å²) in [6.07, 6.45) is 5.46. The second kappa shape index (κ2) is 8.57. The maximum atomic E-state index is 12.9. The largest absolute Gasteiger partial charge is 0.300 e. The number of likely N-dealkylation sites (tertiary alicyclic amines) is 1. The first-order valence-corrected chi connectivity index (χ1v) is 10.7. The third kappa shape index (κ3) is 4.51. The van der Waals surface area contributed by atoms with Gasteiger partial charge in [-0.25, -0.2) is 8.42 Å². The molecule has 0 bridgehead atoms. The van der Waals surface area contributed by atoms with Crippen LogP contribution in [0.1, 0.15) is 39.0 Å². The second-order valence-corrected chi connectivity index (χ2v) is 9.66. The van der Waals surface area contributed by atoms with Crippen molar-refractivity contribution in [1.82, 2.24) is 9.21 Å². The first-order valence-electron chi connectivity index (χ1n) is 8.86. The fourth-order valence-corrected chi connectivity index (χ4v) is 5.88. The quantitative estimate of drug-likeness (QED) is 0.757. The van der Waals surface area contributed by atoms with Crippen molar-refractivity contribution in [2.45, 2.75) is 56.0 Å². The molecule has 7 heteroatoms. The van der Waals surface area contributed by atoms with Gasteiger partial charge in [0.1, 0.15) is 4.90 Å². The molecule has 0 spiro atoms. The van der Waals surface area contributed by atoms with Crippen molar-refractivity contribution < 1.29 is 8.42 Å². The fraction of sp³-hybridized carbons (Fsp3) is 0.667. The molecule has 2 aliphatic rings. The zero-order chi connectivity index (χ0) is 17.3. The molecule has 1 aromatic rings. The molecule has 142 valence electrons. The van der Waals surface area contributed by atoms with Crippen molar-refractivity contribution in [1.29, 1.82) is 0 Å². The fourth-order valence-electron chi connectivity index (χ4n) is 4.00. The predicted octanol–water partition coefficient (Wildman–Crippen LogP) is 4.04. The number of halogens is 2. The van der Waals surface area contributed by atoms with Crippen molar-refractivity contribution in [3.8, 4) is 0 Å². The van der Waals surface area contributed by atoms with E-state index < -0.39 is 10.0 Å². The molecule has 0 aromatic heterocycles. The molecule has 0 radical (unpaired) electrons. The number of piperidine rings is 1. The summed E-state index contributed by atoms with van der Waals surface area (Å²) in [5.74, 6) is 0.821. The number of hydrogen-bond acceptors (Lipinski definition) is 3. The van der Waals surface area contributed by atoms with E-state index in [1.54, 1.807) is 35.6 Å². The average Bonchev–Trinajstić information content (AvgIpc) is 3.05. The highest BCUT2D eigenvalue weighted by Gasteiger charge is 2.37. The molecule has 1 aliphatic carbocycles. The molecule has 1 saturated carbocycles. The molecule has 0 amide bonds. The van der Waals surface area contributed by atoms with Gasteiger partial charge in [-0.1, -0.05) is 30.7 Å². The second-order valence-electron chi connectivity index (χ2n) is 7.29. The standard InChI is InChI=1S/C18H27ClN2O2S.ClH/c1-14-9-11-21(12-10-14)16-8-7-15(13-16)20(2)24(22,23)18-6-4-3-5-17(18)19;/h3-6,14-16H,7-13H2,1-2H3;1H/t15-,16+;/m0./s1. The van der Waals surface area contributed by atoms with Gasteiger partial charge in [-0.3, -0.25) is 0 Å². The van der Waals surface area contributed by atoms with Crippen LogP contribution in [0.15, 0.2) is 29.2 Å². The van der Waals surface area contributed by atoms with Gasteiger partial charge in [-0.15, -0.1) is 12.4 Å². The highest BCUT2D eigenvalue weighted by molar-refractivity contribution is 7.89. The van der Waals surface area contributed by atoms with Crippen molar-refractivity contribution in [2.24, 2.45) is 5.92 Å². The molecule has 2 fully saturated rings. The molecule has 0 N–H and O–H groups in total. The summed E-state index contributed by atoms with van der Waals surface area (Å²) < 4.78 is 27.3. The van der Waals surface area contributed by atoms with E-state index in [1.807, 2.05) is 0 Å². The molecule has 1 heterocycles. The first kappa shape index (κ1) is 21.0. The summed E-state index contributed by atoms with van der Waals surface area (Å²) in [6.45, 7) is 4.62. The van der Waals surface area contributed by atoms with E-state index >= 15 is 0 Å². The Bertz CT molecular complexity index is 675. The number of rotatable bonds is 4. The minimum atomic E-state index is -3.53. The van der Waals surface area contributed by atoms with E-state index in [0.29, 0.717) is 11.1 Å². The van der Waals surface area contributed by atoms with E-state index in [4.69, 9.17) is 11.6 Å². The van der Waals surface area contributed by atoms with Crippen LogP contribution < -0.4 is 0 Å². The van der Waals surface area contributed by atoms with Crippen molar-refractivity contribution in [3.05, 3.63) is 29.3 Å². The summed E-state index contributed by atoms with van der Waals surface area (Å²) in [6, 6.07) is 7.28. The topological polar surface area (TPSA) is 40.6 Å². The highest BCUT2D eigenvalue weighted by atomic mass is 35.5. The van der Waals surface area contributed by atoms with Crippen LogP contribution in [0, 0.1) is 5.92 Å². The van der Waals surface area contributed by atoms with Crippen LogP contribution >= 0.6 is 24.0 Å². The molecular weight excluding hydrogens is 379 g/mol. The Kier molecular flexibility index (Phi) is 7.19. The smallest absolute Gasteiger partial charge is 0.244 e. The summed E-state index contributed by atoms with van der Waals surface area (Å²) in [5.41, 5.74) is 0. The Balaban J connectivity index is 0.00000225. The van der Waals surface area contributed by atoms with Crippen molar-refractivity contribution in [3.63, 3.8) is 0 Å². The van der Waals surface area contributed by atoms with E-state index in [9.17, 15) is 8.42 Å². The lowest BCUT2D eigenvalue weighted by Crippen LogP contribution is -2.41. The van der Waals surface area contributed by atoms with Crippen LogP contribution in [0.4, 0.5) is 0 Å². The van der Waals surface area contributed by atoms with Gasteiger partial charge in [0.15, 0.2) is 0 Å². The molecule has 1 aromatic carbocycles. The molecule has 1 saturated heterocycles. The van der Waals surface area contributed by atoms with Gasteiger partial charge in [-0.05, 0) is 63.2 Å². The Morgan fingerprint density at radius 1 is 1.12 bits per heavy atom. The van der Waals surface area contributed by atoms with Crippen LogP contribution in [-0.2, 0) is 10.0 Å². The first-order chi connectivity index (χ1) is 11.4. The third-order valence-corrected chi connectivity index (χ3v) is 8.13. The van der Waals surface area contributed by atoms with Crippen LogP contribution in [0.25, 0.3) is 0 Å². The lowest BCUT2D eigenvalue weighted by molar-refractivity contribution is 0.136. The lowest BCUT2D eigenvalue weighted by Gasteiger charge is -2.35. The third-order valence-electron chi connectivity index (χ3n) is 5.72. The normalized spacial score (nSPS) is 25.9. The van der Waals surface area contributed by atoms with Crippen molar-refractivity contribution >= 4 is 34.0 Å². The zero-order valence-electron chi connectivity index (χ0n) is 14.9. The maximum Gasteiger partial charge on any atom is 0.244 e. The summed E-state index contributed by atoms with van der Waals surface area (Å²) in [4.78, 5) is 2.78. The van der Waals surface area contributed by atoms with Crippen molar-refractivity contribution in [2.75, 3.05) is 20.1 Å². The Morgan fingerprint density at radius 2 is 1.76 bits per heavy atom. The SMILES string of the molecule is CC1CCN([C@@H]2CC[C@H](N(C)S(=O)(=O)c3ccccc3Cl)C2)CC1.Cl. The number of benzene rings is 1. The maximum absolute atomic E-state index is 12.9. The molecule has 4 nitrogen and oxygen atoms in total. The highest BCUT2D eigenvalue weighted by Crippen LogP contribution is 2.33. The van der Waals surface area contributed by atoms with E-state index in [0.717, 1.165) is 38.3 Å². The number of sulfonamides is 1. The van der Waals surface area contributed by atoms with Crippen LogP contribution in [0.5, 0.6) is 0 Å². The molecular formula is C18H28Cl2N2O2S. The minimum absolute atomic E-state index is 0. The van der Waals surface area contributed by atoms with E-state index in [1.165, 1.54) is 12.8 Å². The lowest BCUT2D eigenvalue weighted by atomic mass is 9.97. The Labute approximate surface area is 163 Å². The molecule has 1 aliphatic heterocycles. The molecule has 0 unspecified atom stereocenters. The Morgan fingerprint density at radius 3 is 2.40 bits per heavy atom. The summed E-state index contributed by atoms with van der Waals surface area (Å²) in [5, 5.41) is 0.295. The monoisotopic (exact) mass is 406 g/mol. The van der Waals surface area contributed by atoms with Crippen LogP contribution in [0.3, 0.4) is 0 Å². The van der Waals surface area contributed by atoms with Gasteiger partial charge in [0.25, 0.3) is 0 Å². The Hall–Kier alpha value is -0.330. The predicted molar refractivity (Wildman–Crippen MR) is 105 cm³/mol. The average molecular weight is 407 g/mol. The van der Waals surface area contributed by atoms with Gasteiger partial charge in [0.2, 0.25) is 10.0 Å². The molecule has 25 heavy (non-hydrogen) atoms. The van der Waals surface area contributed by atoms with Gasteiger partial charge >= 0.3 is 0 Å². The number of hydrogen-bond donors (Lipinski definition) is 0. The summed E-state index contributed by atoms with van der Waals surface area (Å²) >= 11 is 6.11. The minimum Gasteiger partial charge on any atom is -0.300 e. The van der Waals surface area contributed by atoms with Gasteiger partial charge in [0.05, 0.1) is 5.02 Å². The molecule has 2 atom stereocenters. The molecule has 3 rings (SSSR count). The van der Waals surface area contributed by atoms with Gasteiger partial charge < -0.3 is 4.90 Å².